The van der Waals surface area contributed by atoms with Gasteiger partial charge >= 0.3 is 0 Å². The molecule has 0 unspecified atom stereocenters. The van der Waals surface area contributed by atoms with Crippen molar-refractivity contribution in [1.82, 2.24) is 15.1 Å². The lowest BCUT2D eigenvalue weighted by atomic mass is 9.89. The minimum atomic E-state index is -0.247. The van der Waals surface area contributed by atoms with Gasteiger partial charge in [-0.25, -0.2) is 0 Å². The van der Waals surface area contributed by atoms with E-state index in [2.05, 4.69) is 10.4 Å². The Kier molecular flexibility index (Phi) is 2.96. The minimum Gasteiger partial charge on any atom is -0.393 e. The number of hydrogen-bond donors (Lipinski definition) is 2. The van der Waals surface area contributed by atoms with E-state index < -0.39 is 0 Å². The number of aryl methyl sites for hydroxylation is 2. The van der Waals surface area contributed by atoms with Crippen LogP contribution in [0.3, 0.4) is 0 Å². The summed E-state index contributed by atoms with van der Waals surface area (Å²) in [7, 11) is 0. The lowest BCUT2D eigenvalue weighted by molar-refractivity contribution is 0.0558. The zero-order valence-corrected chi connectivity index (χ0v) is 9.60. The number of carbonyl (C=O) groups excluding carboxylic acids is 1. The van der Waals surface area contributed by atoms with Crippen LogP contribution in [0, 0.1) is 6.92 Å². The summed E-state index contributed by atoms with van der Waals surface area (Å²) in [6.45, 7) is 4.51. The number of hydrogen-bond acceptors (Lipinski definition) is 3. The Morgan fingerprint density at radius 1 is 1.69 bits per heavy atom. The molecule has 0 radical (unpaired) electrons. The van der Waals surface area contributed by atoms with Crippen molar-refractivity contribution >= 4 is 5.91 Å². The monoisotopic (exact) mass is 223 g/mol. The van der Waals surface area contributed by atoms with Crippen molar-refractivity contribution in [1.29, 1.82) is 0 Å². The Labute approximate surface area is 94.5 Å². The molecule has 1 aliphatic carbocycles. The van der Waals surface area contributed by atoms with Crippen LogP contribution in [0.2, 0.25) is 0 Å². The van der Waals surface area contributed by atoms with Gasteiger partial charge < -0.3 is 10.4 Å². The molecule has 1 aromatic heterocycles. The molecule has 1 saturated carbocycles. The molecule has 0 aliphatic heterocycles. The van der Waals surface area contributed by atoms with Crippen LogP contribution in [-0.2, 0) is 6.54 Å². The second-order valence-corrected chi connectivity index (χ2v) is 4.28. The molecule has 0 aromatic carbocycles. The van der Waals surface area contributed by atoms with E-state index in [9.17, 15) is 4.79 Å². The van der Waals surface area contributed by atoms with Crippen LogP contribution in [0.25, 0.3) is 0 Å². The number of rotatable bonds is 3. The molecule has 5 heteroatoms. The van der Waals surface area contributed by atoms with Gasteiger partial charge in [-0.05, 0) is 32.8 Å². The Bertz CT molecular complexity index is 394. The fourth-order valence-electron chi connectivity index (χ4n) is 1.93. The first-order valence-corrected chi connectivity index (χ1v) is 5.63. The molecule has 2 N–H and O–H groups in total. The van der Waals surface area contributed by atoms with E-state index in [0.29, 0.717) is 25.1 Å². The van der Waals surface area contributed by atoms with Gasteiger partial charge in [0.05, 0.1) is 11.8 Å². The summed E-state index contributed by atoms with van der Waals surface area (Å²) in [5.41, 5.74) is 1.45. The van der Waals surface area contributed by atoms with Crippen molar-refractivity contribution in [3.05, 3.63) is 17.5 Å². The molecule has 16 heavy (non-hydrogen) atoms. The molecule has 5 nitrogen and oxygen atoms in total. The summed E-state index contributed by atoms with van der Waals surface area (Å²) < 4.78 is 1.69. The lowest BCUT2D eigenvalue weighted by Gasteiger charge is -2.31. The van der Waals surface area contributed by atoms with Crippen LogP contribution in [0.5, 0.6) is 0 Å². The van der Waals surface area contributed by atoms with Gasteiger partial charge in [-0.2, -0.15) is 5.10 Å². The Morgan fingerprint density at radius 2 is 2.38 bits per heavy atom. The molecule has 0 bridgehead atoms. The highest BCUT2D eigenvalue weighted by molar-refractivity contribution is 5.92. The third kappa shape index (κ3) is 2.09. The first kappa shape index (κ1) is 11.1. The van der Waals surface area contributed by atoms with Gasteiger partial charge in [0.15, 0.2) is 0 Å². The van der Waals surface area contributed by atoms with E-state index in [1.54, 1.807) is 10.7 Å². The van der Waals surface area contributed by atoms with Crippen molar-refractivity contribution in [2.45, 2.75) is 45.4 Å². The third-order valence-electron chi connectivity index (χ3n) is 2.88. The molecular weight excluding hydrogens is 206 g/mol. The second-order valence-electron chi connectivity index (χ2n) is 4.28. The number of carbonyl (C=O) groups is 1. The van der Waals surface area contributed by atoms with Crippen molar-refractivity contribution in [2.24, 2.45) is 0 Å². The maximum atomic E-state index is 11.9. The second kappa shape index (κ2) is 4.25. The highest BCUT2D eigenvalue weighted by Crippen LogP contribution is 2.19. The van der Waals surface area contributed by atoms with E-state index in [1.807, 2.05) is 13.8 Å². The van der Waals surface area contributed by atoms with E-state index in [1.165, 1.54) is 0 Å². The minimum absolute atomic E-state index is 0.0978. The maximum Gasteiger partial charge on any atom is 0.269 e. The summed E-state index contributed by atoms with van der Waals surface area (Å²) in [6, 6.07) is 1.90. The Hall–Kier alpha value is -1.36. The number of nitrogens with zero attached hydrogens (tertiary/aromatic N) is 2. The predicted molar refractivity (Wildman–Crippen MR) is 59.1 cm³/mol. The Morgan fingerprint density at radius 3 is 2.94 bits per heavy atom. The number of aliphatic hydroxyl groups is 1. The molecule has 88 valence electrons. The first-order chi connectivity index (χ1) is 7.60. The average molecular weight is 223 g/mol. The molecule has 1 fully saturated rings. The zero-order valence-electron chi connectivity index (χ0n) is 9.60. The molecule has 0 spiro atoms. The zero-order chi connectivity index (χ0) is 11.7. The average Bonchev–Trinajstić information content (AvgIpc) is 2.57. The van der Waals surface area contributed by atoms with E-state index in [0.717, 1.165) is 5.69 Å². The number of amides is 1. The standard InChI is InChI=1S/C11H17N3O2/c1-3-14-10(4-7(2)13-14)11(16)12-8-5-9(15)6-8/h4,8-9,15H,3,5-6H2,1-2H3,(H,12,16). The first-order valence-electron chi connectivity index (χ1n) is 5.63. The largest absolute Gasteiger partial charge is 0.393 e. The SMILES string of the molecule is CCn1nc(C)cc1C(=O)NC1CC(O)C1. The van der Waals surface area contributed by atoms with Crippen LogP contribution in [0.1, 0.15) is 35.9 Å². The Balaban J connectivity index is 2.02. The fourth-order valence-corrected chi connectivity index (χ4v) is 1.93. The molecule has 0 saturated heterocycles. The predicted octanol–water partition coefficient (Wildman–Crippen LogP) is 0.465. The maximum absolute atomic E-state index is 11.9. The molecular formula is C11H17N3O2. The molecule has 1 heterocycles. The molecule has 1 amide bonds. The van der Waals surface area contributed by atoms with Gasteiger partial charge in [0.2, 0.25) is 0 Å². The van der Waals surface area contributed by atoms with Gasteiger partial charge in [0.1, 0.15) is 5.69 Å². The van der Waals surface area contributed by atoms with Crippen LogP contribution in [-0.4, -0.2) is 32.9 Å². The van der Waals surface area contributed by atoms with Crippen LogP contribution < -0.4 is 5.32 Å². The van der Waals surface area contributed by atoms with Gasteiger partial charge in [0, 0.05) is 12.6 Å². The lowest BCUT2D eigenvalue weighted by Crippen LogP contribution is -2.47. The van der Waals surface area contributed by atoms with E-state index >= 15 is 0 Å². The van der Waals surface area contributed by atoms with Crippen molar-refractivity contribution in [3.63, 3.8) is 0 Å². The van der Waals surface area contributed by atoms with Gasteiger partial charge in [-0.3, -0.25) is 9.48 Å². The highest BCUT2D eigenvalue weighted by Gasteiger charge is 2.29. The van der Waals surface area contributed by atoms with Crippen molar-refractivity contribution in [2.75, 3.05) is 0 Å². The summed E-state index contributed by atoms with van der Waals surface area (Å²) in [6.07, 6.45) is 1.07. The summed E-state index contributed by atoms with van der Waals surface area (Å²) in [4.78, 5) is 11.9. The van der Waals surface area contributed by atoms with Gasteiger partial charge in [-0.15, -0.1) is 0 Å². The fraction of sp³-hybridized carbons (Fsp3) is 0.636. The molecule has 0 atom stereocenters. The van der Waals surface area contributed by atoms with Crippen molar-refractivity contribution < 1.29 is 9.90 Å². The number of aromatic nitrogens is 2. The quantitative estimate of drug-likeness (QED) is 0.782. The molecule has 1 aromatic rings. The summed E-state index contributed by atoms with van der Waals surface area (Å²) in [5.74, 6) is -0.0978. The third-order valence-corrected chi connectivity index (χ3v) is 2.88. The van der Waals surface area contributed by atoms with Gasteiger partial charge in [-0.1, -0.05) is 0 Å². The van der Waals surface area contributed by atoms with E-state index in [-0.39, 0.29) is 18.1 Å². The normalized spacial score (nSPS) is 23.9. The van der Waals surface area contributed by atoms with Gasteiger partial charge in [0.25, 0.3) is 5.91 Å². The smallest absolute Gasteiger partial charge is 0.269 e. The van der Waals surface area contributed by atoms with E-state index in [4.69, 9.17) is 5.11 Å². The van der Waals surface area contributed by atoms with Crippen molar-refractivity contribution in [3.8, 4) is 0 Å². The van der Waals surface area contributed by atoms with Crippen LogP contribution in [0.15, 0.2) is 6.07 Å². The number of nitrogens with one attached hydrogen (secondary N) is 1. The summed E-state index contributed by atoms with van der Waals surface area (Å²) >= 11 is 0. The molecule has 1 aliphatic rings. The number of aliphatic hydroxyl groups excluding tert-OH is 1. The topological polar surface area (TPSA) is 67.2 Å². The summed E-state index contributed by atoms with van der Waals surface area (Å²) in [5, 5.41) is 16.3. The molecule has 2 rings (SSSR count). The van der Waals surface area contributed by atoms with Crippen LogP contribution >= 0.6 is 0 Å². The van der Waals surface area contributed by atoms with Crippen LogP contribution in [0.4, 0.5) is 0 Å². The highest BCUT2D eigenvalue weighted by atomic mass is 16.3.